The van der Waals surface area contributed by atoms with E-state index >= 15 is 0 Å². The van der Waals surface area contributed by atoms with Gasteiger partial charge in [-0.25, -0.2) is 22.8 Å². The third-order valence-electron chi connectivity index (χ3n) is 4.00. The number of hydrogen-bond donors (Lipinski definition) is 2. The first-order valence-electron chi connectivity index (χ1n) is 8.62. The maximum Gasteiger partial charge on any atom is 0.339 e. The van der Waals surface area contributed by atoms with E-state index in [-0.39, 0.29) is 28.3 Å². The minimum Gasteiger partial charge on any atom is -0.463 e. The Morgan fingerprint density at radius 2 is 1.79 bits per heavy atom. The molecule has 10 heteroatoms. The monoisotopic (exact) mass is 410 g/mol. The normalized spacial score (nSPS) is 16.8. The molecular weight excluding hydrogens is 388 g/mol. The van der Waals surface area contributed by atoms with Crippen molar-refractivity contribution < 1.29 is 32.3 Å². The topological polar surface area (TPSA) is 128 Å². The summed E-state index contributed by atoms with van der Waals surface area (Å²) < 4.78 is 33.9. The molecule has 0 radical (unpaired) electrons. The molecule has 0 bridgehead atoms. The Labute approximate surface area is 163 Å². The molecule has 0 fully saturated rings. The van der Waals surface area contributed by atoms with E-state index < -0.39 is 40.5 Å². The third kappa shape index (κ3) is 4.89. The van der Waals surface area contributed by atoms with E-state index in [0.29, 0.717) is 6.42 Å². The maximum absolute atomic E-state index is 12.4. The van der Waals surface area contributed by atoms with E-state index in [1.54, 1.807) is 13.8 Å². The van der Waals surface area contributed by atoms with Gasteiger partial charge in [-0.05, 0) is 25.5 Å². The number of hydrogen-bond acceptors (Lipinski definition) is 7. The highest BCUT2D eigenvalue weighted by Gasteiger charge is 2.32. The molecule has 1 aliphatic heterocycles. The highest BCUT2D eigenvalue weighted by Crippen LogP contribution is 2.19. The fraction of sp³-hybridized carbons (Fsp3) is 0.389. The first-order valence-corrected chi connectivity index (χ1v) is 10.5. The van der Waals surface area contributed by atoms with Gasteiger partial charge in [0, 0.05) is 6.26 Å². The predicted octanol–water partition coefficient (Wildman–Crippen LogP) is 1.16. The predicted molar refractivity (Wildman–Crippen MR) is 99.2 cm³/mol. The molecule has 1 aromatic rings. The van der Waals surface area contributed by atoms with Gasteiger partial charge in [-0.15, -0.1) is 0 Å². The molecule has 9 nitrogen and oxygen atoms in total. The molecule has 1 aromatic carbocycles. The lowest BCUT2D eigenvalue weighted by Crippen LogP contribution is -2.51. The molecule has 1 heterocycles. The van der Waals surface area contributed by atoms with Gasteiger partial charge in [0.15, 0.2) is 9.84 Å². The van der Waals surface area contributed by atoms with E-state index in [4.69, 9.17) is 9.47 Å². The van der Waals surface area contributed by atoms with Gasteiger partial charge in [-0.2, -0.15) is 0 Å². The van der Waals surface area contributed by atoms with Crippen LogP contribution >= 0.6 is 0 Å². The largest absolute Gasteiger partial charge is 0.463 e. The van der Waals surface area contributed by atoms with Crippen LogP contribution in [-0.2, 0) is 24.1 Å². The number of sulfone groups is 1. The number of esters is 2. The summed E-state index contributed by atoms with van der Waals surface area (Å²) in [6.07, 6.45) is 1.41. The second-order valence-corrected chi connectivity index (χ2v) is 8.00. The van der Waals surface area contributed by atoms with Crippen molar-refractivity contribution in [2.75, 3.05) is 19.5 Å². The molecule has 2 N–H and O–H groups in total. The zero-order valence-electron chi connectivity index (χ0n) is 15.8. The summed E-state index contributed by atoms with van der Waals surface area (Å²) in [6.45, 7) is 3.15. The lowest BCUT2D eigenvalue weighted by atomic mass is 10.0. The van der Waals surface area contributed by atoms with Crippen LogP contribution in [0.5, 0.6) is 0 Å². The number of benzene rings is 1. The van der Waals surface area contributed by atoms with Gasteiger partial charge in [-0.3, -0.25) is 0 Å². The average Bonchev–Trinajstić information content (AvgIpc) is 2.64. The van der Waals surface area contributed by atoms with Crippen molar-refractivity contribution in [3.8, 4) is 0 Å². The van der Waals surface area contributed by atoms with Gasteiger partial charge in [-0.1, -0.05) is 19.1 Å². The van der Waals surface area contributed by atoms with Crippen molar-refractivity contribution in [3.05, 3.63) is 41.1 Å². The number of ether oxygens (including phenoxy) is 2. The summed E-state index contributed by atoms with van der Waals surface area (Å²) in [7, 11) is -3.64. The molecule has 0 spiro atoms. The van der Waals surface area contributed by atoms with Crippen LogP contribution in [-0.4, -0.2) is 51.9 Å². The van der Waals surface area contributed by atoms with Crippen molar-refractivity contribution in [3.63, 3.8) is 0 Å². The molecule has 0 saturated carbocycles. The fourth-order valence-corrected chi connectivity index (χ4v) is 3.63. The van der Waals surface area contributed by atoms with Crippen molar-refractivity contribution in [1.29, 1.82) is 0 Å². The fourth-order valence-electron chi connectivity index (χ4n) is 2.75. The summed E-state index contributed by atoms with van der Waals surface area (Å²) in [5.74, 6) is -1.53. The molecule has 2 amide bonds. The van der Waals surface area contributed by atoms with Crippen LogP contribution in [0.3, 0.4) is 0 Å². The van der Waals surface area contributed by atoms with Crippen LogP contribution < -0.4 is 10.6 Å². The van der Waals surface area contributed by atoms with E-state index in [1.165, 1.54) is 24.3 Å². The van der Waals surface area contributed by atoms with E-state index in [0.717, 1.165) is 6.26 Å². The van der Waals surface area contributed by atoms with Crippen LogP contribution in [0.25, 0.3) is 0 Å². The Bertz CT molecular complexity index is 922. The number of carbonyl (C=O) groups is 3. The summed E-state index contributed by atoms with van der Waals surface area (Å²) in [5, 5.41) is 5.06. The lowest BCUT2D eigenvalue weighted by molar-refractivity contribution is -0.139. The molecule has 0 aliphatic carbocycles. The van der Waals surface area contributed by atoms with Gasteiger partial charge in [0.1, 0.15) is 6.61 Å². The molecular formula is C18H22N2O7S. The SMILES string of the molecule is CCOC(=O)C1=C(COC(=O)c2ccccc2S(C)(=O)=O)NC(=O)N[C@H]1CC. The molecule has 0 saturated heterocycles. The molecule has 2 rings (SSSR count). The van der Waals surface area contributed by atoms with E-state index in [1.807, 2.05) is 0 Å². The summed E-state index contributed by atoms with van der Waals surface area (Å²) in [5.41, 5.74) is 0.128. The second-order valence-electron chi connectivity index (χ2n) is 6.02. The minimum absolute atomic E-state index is 0.0965. The van der Waals surface area contributed by atoms with Gasteiger partial charge in [0.2, 0.25) is 0 Å². The zero-order valence-corrected chi connectivity index (χ0v) is 16.6. The van der Waals surface area contributed by atoms with Crippen molar-refractivity contribution in [2.45, 2.75) is 31.2 Å². The van der Waals surface area contributed by atoms with Gasteiger partial charge >= 0.3 is 18.0 Å². The number of amides is 2. The number of rotatable bonds is 7. The summed E-state index contributed by atoms with van der Waals surface area (Å²) >= 11 is 0. The maximum atomic E-state index is 12.4. The number of carbonyl (C=O) groups excluding carboxylic acids is 3. The molecule has 28 heavy (non-hydrogen) atoms. The smallest absolute Gasteiger partial charge is 0.339 e. The molecule has 1 aliphatic rings. The summed E-state index contributed by atoms with van der Waals surface area (Å²) in [6, 6.07) is 4.50. The van der Waals surface area contributed by atoms with E-state index in [2.05, 4.69) is 10.6 Å². The molecule has 1 atom stereocenters. The first kappa shape index (κ1) is 21.4. The Balaban J connectivity index is 2.31. The molecule has 0 aromatic heterocycles. The highest BCUT2D eigenvalue weighted by molar-refractivity contribution is 7.90. The van der Waals surface area contributed by atoms with Crippen molar-refractivity contribution in [2.24, 2.45) is 0 Å². The van der Waals surface area contributed by atoms with Crippen LogP contribution in [0.1, 0.15) is 30.6 Å². The van der Waals surface area contributed by atoms with Crippen molar-refractivity contribution in [1.82, 2.24) is 10.6 Å². The van der Waals surface area contributed by atoms with Gasteiger partial charge in [0.05, 0.1) is 34.4 Å². The lowest BCUT2D eigenvalue weighted by Gasteiger charge is -2.28. The summed E-state index contributed by atoms with van der Waals surface area (Å²) in [4.78, 5) is 36.4. The van der Waals surface area contributed by atoms with Crippen molar-refractivity contribution >= 4 is 27.8 Å². The Kier molecular flexibility index (Phi) is 6.79. The number of nitrogens with one attached hydrogen (secondary N) is 2. The quantitative estimate of drug-likeness (QED) is 0.646. The molecule has 0 unspecified atom stereocenters. The van der Waals surface area contributed by atoms with Gasteiger partial charge < -0.3 is 20.1 Å². The standard InChI is InChI=1S/C18H22N2O7S/c1-4-12-15(17(22)26-5-2)13(20-18(23)19-12)10-27-16(21)11-8-6-7-9-14(11)28(3,24)25/h6-9,12H,4-5,10H2,1-3H3,(H2,19,20,23)/t12-/m0/s1. The Hall–Kier alpha value is -2.88. The highest BCUT2D eigenvalue weighted by atomic mass is 32.2. The van der Waals surface area contributed by atoms with E-state index in [9.17, 15) is 22.8 Å². The molecule has 152 valence electrons. The van der Waals surface area contributed by atoms with Crippen LogP contribution in [0.2, 0.25) is 0 Å². The second kappa shape index (κ2) is 8.87. The van der Waals surface area contributed by atoms with Crippen LogP contribution in [0.15, 0.2) is 40.4 Å². The van der Waals surface area contributed by atoms with Crippen LogP contribution in [0, 0.1) is 0 Å². The zero-order chi connectivity index (χ0) is 20.9. The number of urea groups is 1. The third-order valence-corrected chi connectivity index (χ3v) is 5.16. The average molecular weight is 410 g/mol. The Morgan fingerprint density at radius 1 is 1.11 bits per heavy atom. The van der Waals surface area contributed by atoms with Gasteiger partial charge in [0.25, 0.3) is 0 Å². The first-order chi connectivity index (χ1) is 13.2. The Morgan fingerprint density at radius 3 is 2.39 bits per heavy atom. The minimum atomic E-state index is -3.64. The van der Waals surface area contributed by atoms with Crippen LogP contribution in [0.4, 0.5) is 4.79 Å².